The maximum atomic E-state index is 3.35. The summed E-state index contributed by atoms with van der Waals surface area (Å²) in [6.07, 6.45) is 0. The van der Waals surface area contributed by atoms with Crippen molar-refractivity contribution in [3.05, 3.63) is 59.7 Å². The Morgan fingerprint density at radius 1 is 1.00 bits per heavy atom. The maximum absolute atomic E-state index is 3.35. The molecule has 0 aromatic heterocycles. The number of rotatable bonds is 0. The van der Waals surface area contributed by atoms with Crippen molar-refractivity contribution in [1.29, 1.82) is 0 Å². The quantitative estimate of drug-likeness (QED) is 0.642. The van der Waals surface area contributed by atoms with Crippen LogP contribution in [0.15, 0.2) is 42.5 Å². The van der Waals surface area contributed by atoms with E-state index in [-0.39, 0.29) is 26.2 Å². The van der Waals surface area contributed by atoms with Crippen LogP contribution >= 0.6 is 0 Å². The molecule has 0 aliphatic heterocycles. The molecule has 1 heteroatoms. The molecule has 2 aromatic rings. The van der Waals surface area contributed by atoms with Crippen LogP contribution in [0.4, 0.5) is 0 Å². The van der Waals surface area contributed by atoms with Crippen molar-refractivity contribution in [1.82, 2.24) is 0 Å². The Bertz CT molecular complexity index is 443. The zero-order valence-corrected chi connectivity index (χ0v) is 11.1. The third-order valence-corrected chi connectivity index (χ3v) is 3.04. The summed E-state index contributed by atoms with van der Waals surface area (Å²) in [4.78, 5) is 0. The van der Waals surface area contributed by atoms with Gasteiger partial charge in [0.2, 0.25) is 0 Å². The van der Waals surface area contributed by atoms with E-state index in [0.717, 1.165) is 0 Å². The van der Waals surface area contributed by atoms with Gasteiger partial charge in [0, 0.05) is 26.2 Å². The third-order valence-electron chi connectivity index (χ3n) is 3.04. The van der Waals surface area contributed by atoms with Gasteiger partial charge in [-0.25, -0.2) is 0 Å². The summed E-state index contributed by atoms with van der Waals surface area (Å²) >= 11 is 0. The van der Waals surface area contributed by atoms with Crippen LogP contribution in [0.3, 0.4) is 0 Å². The van der Waals surface area contributed by atoms with Crippen LogP contribution in [-0.2, 0) is 26.2 Å². The van der Waals surface area contributed by atoms with Crippen molar-refractivity contribution in [2.75, 3.05) is 0 Å². The molecule has 0 fully saturated rings. The topological polar surface area (TPSA) is 0 Å². The smallest absolute Gasteiger partial charge is 0 e. The van der Waals surface area contributed by atoms with Crippen molar-refractivity contribution in [3.63, 3.8) is 0 Å². The first kappa shape index (κ1) is 10.8. The third kappa shape index (κ3) is 1.54. The minimum Gasteiger partial charge on any atom is -0.179 e. The molecule has 0 spiro atoms. The van der Waals surface area contributed by atoms with Gasteiger partial charge in [0.15, 0.2) is 0 Å². The molecule has 0 heterocycles. The Morgan fingerprint density at radius 3 is 2.60 bits per heavy atom. The number of fused-ring (bicyclic) bond motifs is 3. The Balaban J connectivity index is 0.000000853. The van der Waals surface area contributed by atoms with Gasteiger partial charge in [-0.3, -0.25) is 0 Å². The molecule has 3 rings (SSSR count). The molecular formula is C14H11Zr-. The number of hydrogen-bond acceptors (Lipinski definition) is 0. The molecule has 72 valence electrons. The largest absolute Gasteiger partial charge is 0.179 e. The van der Waals surface area contributed by atoms with Gasteiger partial charge >= 0.3 is 0 Å². The Hall–Kier alpha value is -0.677. The molecule has 1 aliphatic carbocycles. The number of hydrogen-bond donors (Lipinski definition) is 0. The van der Waals surface area contributed by atoms with E-state index in [0.29, 0.717) is 5.92 Å². The molecule has 2 aromatic carbocycles. The molecule has 1 unspecified atom stereocenters. The zero-order valence-electron chi connectivity index (χ0n) is 8.62. The zero-order chi connectivity index (χ0) is 9.54. The molecule has 0 amide bonds. The van der Waals surface area contributed by atoms with Gasteiger partial charge in [-0.05, 0) is 11.5 Å². The molecular weight excluding hydrogens is 259 g/mol. The number of benzene rings is 2. The van der Waals surface area contributed by atoms with E-state index in [1.165, 1.54) is 22.3 Å². The summed E-state index contributed by atoms with van der Waals surface area (Å²) < 4.78 is 0. The van der Waals surface area contributed by atoms with Crippen LogP contribution in [0.1, 0.15) is 24.0 Å². The van der Waals surface area contributed by atoms with Crippen LogP contribution < -0.4 is 0 Å². The molecule has 0 saturated carbocycles. The molecule has 0 radical (unpaired) electrons. The van der Waals surface area contributed by atoms with Gasteiger partial charge in [0.25, 0.3) is 0 Å². The van der Waals surface area contributed by atoms with Crippen molar-refractivity contribution in [2.45, 2.75) is 12.8 Å². The second-order valence-corrected chi connectivity index (χ2v) is 3.81. The van der Waals surface area contributed by atoms with Gasteiger partial charge < -0.3 is 0 Å². The van der Waals surface area contributed by atoms with Crippen molar-refractivity contribution in [2.24, 2.45) is 0 Å². The van der Waals surface area contributed by atoms with Crippen LogP contribution in [0.25, 0.3) is 11.1 Å². The van der Waals surface area contributed by atoms with Gasteiger partial charge in [-0.2, -0.15) is 24.3 Å². The van der Waals surface area contributed by atoms with E-state index in [2.05, 4.69) is 49.4 Å². The van der Waals surface area contributed by atoms with E-state index in [4.69, 9.17) is 0 Å². The van der Waals surface area contributed by atoms with Gasteiger partial charge in [-0.1, -0.05) is 36.8 Å². The average Bonchev–Trinajstić information content (AvgIpc) is 2.55. The summed E-state index contributed by atoms with van der Waals surface area (Å²) in [5.41, 5.74) is 5.51. The van der Waals surface area contributed by atoms with E-state index in [1.54, 1.807) is 0 Å². The van der Waals surface area contributed by atoms with Crippen molar-refractivity contribution >= 4 is 0 Å². The van der Waals surface area contributed by atoms with Crippen LogP contribution in [0.5, 0.6) is 0 Å². The summed E-state index contributed by atoms with van der Waals surface area (Å²) in [6, 6.07) is 18.2. The Kier molecular flexibility index (Phi) is 2.93. The molecule has 0 bridgehead atoms. The summed E-state index contributed by atoms with van der Waals surface area (Å²) in [5, 5.41) is 0. The molecule has 0 saturated heterocycles. The summed E-state index contributed by atoms with van der Waals surface area (Å²) in [7, 11) is 0. The Morgan fingerprint density at radius 2 is 1.73 bits per heavy atom. The summed E-state index contributed by atoms with van der Waals surface area (Å²) in [5.74, 6) is 0.502. The molecule has 0 nitrogen and oxygen atoms in total. The van der Waals surface area contributed by atoms with Gasteiger partial charge in [0.1, 0.15) is 0 Å². The molecule has 1 aliphatic rings. The average molecular weight is 270 g/mol. The maximum Gasteiger partial charge on any atom is 0 e. The van der Waals surface area contributed by atoms with Crippen molar-refractivity contribution in [3.8, 4) is 11.1 Å². The normalized spacial score (nSPS) is 16.5. The van der Waals surface area contributed by atoms with E-state index >= 15 is 0 Å². The Labute approximate surface area is 109 Å². The van der Waals surface area contributed by atoms with Crippen molar-refractivity contribution < 1.29 is 26.2 Å². The van der Waals surface area contributed by atoms with E-state index in [9.17, 15) is 0 Å². The van der Waals surface area contributed by atoms with E-state index < -0.39 is 0 Å². The van der Waals surface area contributed by atoms with Crippen LogP contribution in [-0.4, -0.2) is 0 Å². The monoisotopic (exact) mass is 269 g/mol. The first-order chi connectivity index (χ1) is 6.88. The van der Waals surface area contributed by atoms with Crippen LogP contribution in [0.2, 0.25) is 0 Å². The standard InChI is InChI=1S/C14H11.Zr/c1-10-11-6-2-4-8-13(11)14-9-5-3-7-12(10)14;/h2-6,8-10H,1H3;/q-1;. The minimum atomic E-state index is 0. The SMILES string of the molecule is CC1c2[c-]cccc2-c2ccccc21.[Zr]. The van der Waals surface area contributed by atoms with Gasteiger partial charge in [-0.15, -0.1) is 11.1 Å². The minimum absolute atomic E-state index is 0. The fraction of sp³-hybridized carbons (Fsp3) is 0.143. The fourth-order valence-electron chi connectivity index (χ4n) is 2.32. The van der Waals surface area contributed by atoms with Crippen LogP contribution in [0, 0.1) is 6.07 Å². The first-order valence-electron chi connectivity index (χ1n) is 4.98. The van der Waals surface area contributed by atoms with E-state index in [1.807, 2.05) is 6.07 Å². The second-order valence-electron chi connectivity index (χ2n) is 3.81. The molecule has 1 atom stereocenters. The molecule has 0 N–H and O–H groups in total. The van der Waals surface area contributed by atoms with Gasteiger partial charge in [0.05, 0.1) is 0 Å². The summed E-state index contributed by atoms with van der Waals surface area (Å²) in [6.45, 7) is 2.25. The molecule has 15 heavy (non-hydrogen) atoms. The predicted octanol–water partition coefficient (Wildman–Crippen LogP) is 3.62. The first-order valence-corrected chi connectivity index (χ1v) is 4.98. The second kappa shape index (κ2) is 4.06. The predicted molar refractivity (Wildman–Crippen MR) is 58.2 cm³/mol. The fourth-order valence-corrected chi connectivity index (χ4v) is 2.32.